The molecule has 0 aliphatic rings. The zero-order chi connectivity index (χ0) is 16.4. The number of hydrogen-bond donors (Lipinski definition) is 1. The molecule has 0 fully saturated rings. The van der Waals surface area contributed by atoms with Crippen LogP contribution in [0.4, 0.5) is 5.69 Å². The first-order valence-corrected chi connectivity index (χ1v) is 7.47. The standard InChI is InChI=1S/C18H15ClN2O2/c1-11-16(18(22)21-14-5-3-4-13(19)9-14)8-12-6-7-15(23-2)10-17(12)20-11/h3-10H,1-2H3,(H,21,22). The normalized spacial score (nSPS) is 10.6. The number of hydrogen-bond acceptors (Lipinski definition) is 3. The van der Waals surface area contributed by atoms with Crippen LogP contribution in [0, 0.1) is 6.92 Å². The average molecular weight is 327 g/mol. The number of aryl methyl sites for hydroxylation is 1. The minimum Gasteiger partial charge on any atom is -0.497 e. The summed E-state index contributed by atoms with van der Waals surface area (Å²) < 4.78 is 5.20. The maximum atomic E-state index is 12.5. The van der Waals surface area contributed by atoms with Crippen LogP contribution in [0.5, 0.6) is 5.75 Å². The monoisotopic (exact) mass is 326 g/mol. The van der Waals surface area contributed by atoms with E-state index in [4.69, 9.17) is 16.3 Å². The Balaban J connectivity index is 1.95. The summed E-state index contributed by atoms with van der Waals surface area (Å²) in [5.41, 5.74) is 2.63. The Bertz CT molecular complexity index is 893. The lowest BCUT2D eigenvalue weighted by Crippen LogP contribution is -2.14. The van der Waals surface area contributed by atoms with Crippen molar-refractivity contribution in [1.29, 1.82) is 0 Å². The van der Waals surface area contributed by atoms with Gasteiger partial charge in [-0.25, -0.2) is 0 Å². The minimum absolute atomic E-state index is 0.213. The summed E-state index contributed by atoms with van der Waals surface area (Å²) in [6, 6.07) is 14.4. The third-order valence-electron chi connectivity index (χ3n) is 3.54. The molecule has 3 aromatic rings. The highest BCUT2D eigenvalue weighted by atomic mass is 35.5. The Morgan fingerprint density at radius 3 is 2.74 bits per heavy atom. The number of amides is 1. The summed E-state index contributed by atoms with van der Waals surface area (Å²) in [7, 11) is 1.61. The van der Waals surface area contributed by atoms with Gasteiger partial charge < -0.3 is 10.1 Å². The molecule has 5 heteroatoms. The van der Waals surface area contributed by atoms with E-state index in [1.807, 2.05) is 31.2 Å². The number of anilines is 1. The predicted molar refractivity (Wildman–Crippen MR) is 92.4 cm³/mol. The van der Waals surface area contributed by atoms with Crippen molar-refractivity contribution < 1.29 is 9.53 Å². The first-order chi connectivity index (χ1) is 11.1. The van der Waals surface area contributed by atoms with Crippen LogP contribution in [-0.4, -0.2) is 18.0 Å². The van der Waals surface area contributed by atoms with Crippen molar-refractivity contribution in [1.82, 2.24) is 4.98 Å². The van der Waals surface area contributed by atoms with Gasteiger partial charge in [0, 0.05) is 22.2 Å². The number of nitrogens with one attached hydrogen (secondary N) is 1. The van der Waals surface area contributed by atoms with Crippen LogP contribution >= 0.6 is 11.6 Å². The molecule has 0 bridgehead atoms. The molecular formula is C18H15ClN2O2. The fourth-order valence-electron chi connectivity index (χ4n) is 2.36. The molecule has 0 saturated carbocycles. The lowest BCUT2D eigenvalue weighted by atomic mass is 10.1. The molecule has 0 radical (unpaired) electrons. The Labute approximate surface area is 139 Å². The Kier molecular flexibility index (Phi) is 4.17. The third-order valence-corrected chi connectivity index (χ3v) is 3.78. The second-order valence-corrected chi connectivity index (χ2v) is 5.58. The predicted octanol–water partition coefficient (Wildman–Crippen LogP) is 4.46. The molecule has 2 aromatic carbocycles. The quantitative estimate of drug-likeness (QED) is 0.773. The molecule has 3 rings (SSSR count). The molecule has 1 amide bonds. The molecule has 4 nitrogen and oxygen atoms in total. The van der Waals surface area contributed by atoms with E-state index in [1.54, 1.807) is 31.4 Å². The zero-order valence-electron chi connectivity index (χ0n) is 12.8. The van der Waals surface area contributed by atoms with Crippen molar-refractivity contribution in [3.8, 4) is 5.75 Å². The van der Waals surface area contributed by atoms with Crippen molar-refractivity contribution in [3.05, 3.63) is 64.8 Å². The molecule has 0 aliphatic heterocycles. The SMILES string of the molecule is COc1ccc2cc(C(=O)Nc3cccc(Cl)c3)c(C)nc2c1. The summed E-state index contributed by atoms with van der Waals surface area (Å²) in [6.45, 7) is 1.81. The first-order valence-electron chi connectivity index (χ1n) is 7.09. The van der Waals surface area contributed by atoms with E-state index in [2.05, 4.69) is 10.3 Å². The molecule has 0 unspecified atom stereocenters. The summed E-state index contributed by atoms with van der Waals surface area (Å²) in [6.07, 6.45) is 0. The van der Waals surface area contributed by atoms with Gasteiger partial charge in [-0.05, 0) is 43.3 Å². The van der Waals surface area contributed by atoms with Crippen LogP contribution in [0.3, 0.4) is 0 Å². The number of carbonyl (C=O) groups excluding carboxylic acids is 1. The van der Waals surface area contributed by atoms with E-state index < -0.39 is 0 Å². The molecule has 0 saturated heterocycles. The van der Waals surface area contributed by atoms with Crippen molar-refractivity contribution >= 4 is 34.1 Å². The van der Waals surface area contributed by atoms with Crippen LogP contribution in [0.25, 0.3) is 10.9 Å². The molecule has 1 aromatic heterocycles. The van der Waals surface area contributed by atoms with E-state index in [1.165, 1.54) is 0 Å². The van der Waals surface area contributed by atoms with E-state index >= 15 is 0 Å². The topological polar surface area (TPSA) is 51.2 Å². The molecule has 1 N–H and O–H groups in total. The molecule has 116 valence electrons. The van der Waals surface area contributed by atoms with Gasteiger partial charge in [0.05, 0.1) is 23.9 Å². The second-order valence-electron chi connectivity index (χ2n) is 5.14. The molecule has 0 spiro atoms. The number of aromatic nitrogens is 1. The number of nitrogens with zero attached hydrogens (tertiary/aromatic N) is 1. The van der Waals surface area contributed by atoms with Gasteiger partial charge in [0.25, 0.3) is 5.91 Å². The van der Waals surface area contributed by atoms with Crippen molar-refractivity contribution in [2.24, 2.45) is 0 Å². The van der Waals surface area contributed by atoms with Crippen LogP contribution in [0.1, 0.15) is 16.1 Å². The highest BCUT2D eigenvalue weighted by Crippen LogP contribution is 2.23. The lowest BCUT2D eigenvalue weighted by Gasteiger charge is -2.10. The Hall–Kier alpha value is -2.59. The van der Waals surface area contributed by atoms with Crippen LogP contribution in [0.2, 0.25) is 5.02 Å². The van der Waals surface area contributed by atoms with Gasteiger partial charge in [0.2, 0.25) is 0 Å². The van der Waals surface area contributed by atoms with Crippen molar-refractivity contribution in [3.63, 3.8) is 0 Å². The van der Waals surface area contributed by atoms with E-state index in [0.29, 0.717) is 22.0 Å². The second kappa shape index (κ2) is 6.26. The summed E-state index contributed by atoms with van der Waals surface area (Å²) in [5.74, 6) is 0.524. The fraction of sp³-hybridized carbons (Fsp3) is 0.111. The molecule has 0 aliphatic carbocycles. The van der Waals surface area contributed by atoms with Gasteiger partial charge in [0.15, 0.2) is 0 Å². The van der Waals surface area contributed by atoms with E-state index in [0.717, 1.165) is 16.7 Å². The number of pyridine rings is 1. The molecule has 1 heterocycles. The highest BCUT2D eigenvalue weighted by molar-refractivity contribution is 6.31. The number of halogens is 1. The van der Waals surface area contributed by atoms with Gasteiger partial charge in [-0.15, -0.1) is 0 Å². The van der Waals surface area contributed by atoms with Crippen molar-refractivity contribution in [2.75, 3.05) is 12.4 Å². The number of rotatable bonds is 3. The van der Waals surface area contributed by atoms with Gasteiger partial charge in [-0.3, -0.25) is 9.78 Å². The third kappa shape index (κ3) is 3.27. The summed E-state index contributed by atoms with van der Waals surface area (Å²) in [4.78, 5) is 17.0. The smallest absolute Gasteiger partial charge is 0.257 e. The maximum absolute atomic E-state index is 12.5. The number of fused-ring (bicyclic) bond motifs is 1. The zero-order valence-corrected chi connectivity index (χ0v) is 13.5. The Morgan fingerprint density at radius 2 is 2.00 bits per heavy atom. The Morgan fingerprint density at radius 1 is 1.17 bits per heavy atom. The summed E-state index contributed by atoms with van der Waals surface area (Å²) >= 11 is 5.94. The number of methoxy groups -OCH3 is 1. The van der Waals surface area contributed by atoms with Gasteiger partial charge in [-0.2, -0.15) is 0 Å². The number of carbonyl (C=O) groups is 1. The summed E-state index contributed by atoms with van der Waals surface area (Å²) in [5, 5.41) is 4.29. The highest BCUT2D eigenvalue weighted by Gasteiger charge is 2.12. The van der Waals surface area contributed by atoms with Gasteiger partial charge in [0.1, 0.15) is 5.75 Å². The average Bonchev–Trinajstić information content (AvgIpc) is 2.53. The molecule has 0 atom stereocenters. The number of ether oxygens (including phenoxy) is 1. The molecule has 23 heavy (non-hydrogen) atoms. The lowest BCUT2D eigenvalue weighted by molar-refractivity contribution is 0.102. The van der Waals surface area contributed by atoms with Crippen LogP contribution < -0.4 is 10.1 Å². The van der Waals surface area contributed by atoms with Crippen LogP contribution in [0.15, 0.2) is 48.5 Å². The van der Waals surface area contributed by atoms with Crippen LogP contribution in [-0.2, 0) is 0 Å². The van der Waals surface area contributed by atoms with Gasteiger partial charge >= 0.3 is 0 Å². The maximum Gasteiger partial charge on any atom is 0.257 e. The minimum atomic E-state index is -0.213. The fourth-order valence-corrected chi connectivity index (χ4v) is 2.55. The van der Waals surface area contributed by atoms with Crippen molar-refractivity contribution in [2.45, 2.75) is 6.92 Å². The van der Waals surface area contributed by atoms with E-state index in [9.17, 15) is 4.79 Å². The van der Waals surface area contributed by atoms with E-state index in [-0.39, 0.29) is 5.91 Å². The number of benzene rings is 2. The van der Waals surface area contributed by atoms with Gasteiger partial charge in [-0.1, -0.05) is 17.7 Å². The first kappa shape index (κ1) is 15.3. The molecular weight excluding hydrogens is 312 g/mol. The largest absolute Gasteiger partial charge is 0.497 e.